The van der Waals surface area contributed by atoms with Gasteiger partial charge in [0.1, 0.15) is 6.04 Å². The van der Waals surface area contributed by atoms with Crippen molar-refractivity contribution in [3.63, 3.8) is 0 Å². The average Bonchev–Trinajstić information content (AvgIpc) is 2.76. The van der Waals surface area contributed by atoms with Gasteiger partial charge in [-0.3, -0.25) is 9.59 Å². The molecule has 6 nitrogen and oxygen atoms in total. The van der Waals surface area contributed by atoms with Crippen LogP contribution in [0, 0.1) is 0 Å². The molecule has 0 bridgehead atoms. The predicted octanol–water partition coefficient (Wildman–Crippen LogP) is 2.96. The second kappa shape index (κ2) is 11.9. The van der Waals surface area contributed by atoms with Gasteiger partial charge in [0.25, 0.3) is 11.8 Å². The zero-order valence-electron chi connectivity index (χ0n) is 16.6. The lowest BCUT2D eigenvalue weighted by atomic mass is 10.1. The molecule has 2 N–H and O–H groups in total. The van der Waals surface area contributed by atoms with E-state index < -0.39 is 24.5 Å². The lowest BCUT2D eigenvalue weighted by molar-refractivity contribution is -0.150. The molecule has 154 valence electrons. The van der Waals surface area contributed by atoms with Crippen LogP contribution in [0.15, 0.2) is 60.7 Å². The molecule has 0 saturated carbocycles. The highest BCUT2D eigenvalue weighted by atomic mass is 32.2. The van der Waals surface area contributed by atoms with Gasteiger partial charge in [-0.15, -0.1) is 0 Å². The smallest absolute Gasteiger partial charge is 0.329 e. The maximum atomic E-state index is 12.4. The first-order chi connectivity index (χ1) is 14.0. The fourth-order valence-electron chi connectivity index (χ4n) is 2.66. The van der Waals surface area contributed by atoms with Gasteiger partial charge in [0.15, 0.2) is 6.61 Å². The fourth-order valence-corrected chi connectivity index (χ4v) is 3.13. The lowest BCUT2D eigenvalue weighted by Gasteiger charge is -2.18. The monoisotopic (exact) mass is 414 g/mol. The first-order valence-corrected chi connectivity index (χ1v) is 10.8. The Labute approximate surface area is 175 Å². The SMILES string of the molecule is CSCC[C@@H](NC(=O)c1ccccc1)C(=O)OCC(=O)N[C@H](C)c1ccccc1. The van der Waals surface area contributed by atoms with E-state index in [0.717, 1.165) is 5.56 Å². The summed E-state index contributed by atoms with van der Waals surface area (Å²) >= 11 is 1.56. The molecule has 2 aromatic rings. The first kappa shape index (κ1) is 22.5. The van der Waals surface area contributed by atoms with Crippen molar-refractivity contribution in [1.29, 1.82) is 0 Å². The Bertz CT molecular complexity index is 799. The van der Waals surface area contributed by atoms with Crippen molar-refractivity contribution in [3.8, 4) is 0 Å². The molecule has 0 aliphatic heterocycles. The summed E-state index contributed by atoms with van der Waals surface area (Å²) in [5.41, 5.74) is 1.42. The summed E-state index contributed by atoms with van der Waals surface area (Å²) in [6.45, 7) is 1.46. The second-order valence-electron chi connectivity index (χ2n) is 6.48. The van der Waals surface area contributed by atoms with E-state index in [4.69, 9.17) is 4.74 Å². The molecule has 0 radical (unpaired) electrons. The molecule has 2 rings (SSSR count). The van der Waals surface area contributed by atoms with E-state index in [1.807, 2.05) is 49.6 Å². The number of hydrogen-bond donors (Lipinski definition) is 2. The van der Waals surface area contributed by atoms with E-state index >= 15 is 0 Å². The van der Waals surface area contributed by atoms with Crippen LogP contribution in [0.4, 0.5) is 0 Å². The molecule has 29 heavy (non-hydrogen) atoms. The summed E-state index contributed by atoms with van der Waals surface area (Å²) in [6.07, 6.45) is 2.33. The Morgan fingerprint density at radius 1 is 0.966 bits per heavy atom. The molecule has 0 unspecified atom stereocenters. The third kappa shape index (κ3) is 7.62. The van der Waals surface area contributed by atoms with Crippen LogP contribution < -0.4 is 10.6 Å². The Hall–Kier alpha value is -2.80. The van der Waals surface area contributed by atoms with Gasteiger partial charge in [-0.1, -0.05) is 48.5 Å². The maximum absolute atomic E-state index is 12.4. The van der Waals surface area contributed by atoms with E-state index in [-0.39, 0.29) is 11.9 Å². The summed E-state index contributed by atoms with van der Waals surface area (Å²) in [4.78, 5) is 36.9. The number of benzene rings is 2. The van der Waals surface area contributed by atoms with Gasteiger partial charge in [0, 0.05) is 5.56 Å². The summed E-state index contributed by atoms with van der Waals surface area (Å²) in [5, 5.41) is 5.49. The highest BCUT2D eigenvalue weighted by Gasteiger charge is 2.23. The molecule has 0 saturated heterocycles. The van der Waals surface area contributed by atoms with Gasteiger partial charge in [-0.25, -0.2) is 4.79 Å². The number of nitrogens with one attached hydrogen (secondary N) is 2. The minimum Gasteiger partial charge on any atom is -0.454 e. The molecule has 0 aromatic heterocycles. The molecule has 0 spiro atoms. The normalized spacial score (nSPS) is 12.5. The molecular formula is C22H26N2O4S. The molecule has 0 aliphatic carbocycles. The second-order valence-corrected chi connectivity index (χ2v) is 7.47. The molecule has 2 amide bonds. The van der Waals surface area contributed by atoms with Crippen LogP contribution in [0.5, 0.6) is 0 Å². The minimum atomic E-state index is -0.811. The van der Waals surface area contributed by atoms with Crippen LogP contribution >= 0.6 is 11.8 Å². The van der Waals surface area contributed by atoms with E-state index in [0.29, 0.717) is 17.7 Å². The number of carbonyl (C=O) groups excluding carboxylic acids is 3. The molecule has 0 heterocycles. The predicted molar refractivity (Wildman–Crippen MR) is 115 cm³/mol. The van der Waals surface area contributed by atoms with Crippen molar-refractivity contribution in [2.75, 3.05) is 18.6 Å². The van der Waals surface area contributed by atoms with Gasteiger partial charge in [0.2, 0.25) is 0 Å². The van der Waals surface area contributed by atoms with Gasteiger partial charge < -0.3 is 15.4 Å². The first-order valence-electron chi connectivity index (χ1n) is 9.37. The number of ether oxygens (including phenoxy) is 1. The number of rotatable bonds is 10. The Kier molecular flexibility index (Phi) is 9.24. The quantitative estimate of drug-likeness (QED) is 0.584. The van der Waals surface area contributed by atoms with Crippen LogP contribution in [0.3, 0.4) is 0 Å². The van der Waals surface area contributed by atoms with Gasteiger partial charge >= 0.3 is 5.97 Å². The Balaban J connectivity index is 1.88. The number of amides is 2. The highest BCUT2D eigenvalue weighted by Crippen LogP contribution is 2.11. The standard InChI is InChI=1S/C22H26N2O4S/c1-16(17-9-5-3-6-10-17)23-20(25)15-28-22(27)19(13-14-29-2)24-21(26)18-11-7-4-8-12-18/h3-12,16,19H,13-15H2,1-2H3,(H,23,25)(H,24,26)/t16-,19-/m1/s1. The Morgan fingerprint density at radius 3 is 2.21 bits per heavy atom. The van der Waals surface area contributed by atoms with Crippen molar-refractivity contribution in [2.24, 2.45) is 0 Å². The van der Waals surface area contributed by atoms with Crippen molar-refractivity contribution >= 4 is 29.5 Å². The van der Waals surface area contributed by atoms with Gasteiger partial charge in [-0.2, -0.15) is 11.8 Å². The van der Waals surface area contributed by atoms with E-state index in [9.17, 15) is 14.4 Å². The molecular weight excluding hydrogens is 388 g/mol. The van der Waals surface area contributed by atoms with E-state index in [2.05, 4.69) is 10.6 Å². The van der Waals surface area contributed by atoms with E-state index in [1.54, 1.807) is 36.0 Å². The van der Waals surface area contributed by atoms with Crippen molar-refractivity contribution < 1.29 is 19.1 Å². The topological polar surface area (TPSA) is 84.5 Å². The van der Waals surface area contributed by atoms with Crippen LogP contribution in [0.1, 0.15) is 35.3 Å². The fraction of sp³-hybridized carbons (Fsp3) is 0.318. The number of carbonyl (C=O) groups is 3. The third-order valence-corrected chi connectivity index (χ3v) is 4.90. The van der Waals surface area contributed by atoms with Gasteiger partial charge in [0.05, 0.1) is 6.04 Å². The number of thioether (sulfide) groups is 1. The molecule has 2 aromatic carbocycles. The van der Waals surface area contributed by atoms with Crippen LogP contribution in [-0.4, -0.2) is 42.4 Å². The zero-order valence-corrected chi connectivity index (χ0v) is 17.4. The minimum absolute atomic E-state index is 0.201. The van der Waals surface area contributed by atoms with E-state index in [1.165, 1.54) is 0 Å². The third-order valence-electron chi connectivity index (χ3n) is 4.26. The summed E-state index contributed by atoms with van der Waals surface area (Å²) in [6, 6.07) is 17.2. The number of hydrogen-bond acceptors (Lipinski definition) is 5. The van der Waals surface area contributed by atoms with Crippen LogP contribution in [0.2, 0.25) is 0 Å². The molecule has 0 fully saturated rings. The van der Waals surface area contributed by atoms with Crippen LogP contribution in [0.25, 0.3) is 0 Å². The molecule has 0 aliphatic rings. The van der Waals surface area contributed by atoms with Crippen molar-refractivity contribution in [3.05, 3.63) is 71.8 Å². The van der Waals surface area contributed by atoms with Crippen LogP contribution in [-0.2, 0) is 14.3 Å². The molecule has 7 heteroatoms. The number of esters is 1. The summed E-state index contributed by atoms with van der Waals surface area (Å²) in [5.74, 6) is -0.694. The zero-order chi connectivity index (χ0) is 21.1. The average molecular weight is 415 g/mol. The highest BCUT2D eigenvalue weighted by molar-refractivity contribution is 7.98. The largest absolute Gasteiger partial charge is 0.454 e. The van der Waals surface area contributed by atoms with Crippen molar-refractivity contribution in [2.45, 2.75) is 25.4 Å². The lowest BCUT2D eigenvalue weighted by Crippen LogP contribution is -2.43. The maximum Gasteiger partial charge on any atom is 0.329 e. The molecule has 2 atom stereocenters. The Morgan fingerprint density at radius 2 is 1.59 bits per heavy atom. The summed E-state index contributed by atoms with van der Waals surface area (Å²) < 4.78 is 5.16. The van der Waals surface area contributed by atoms with Crippen molar-refractivity contribution in [1.82, 2.24) is 10.6 Å². The summed E-state index contributed by atoms with van der Waals surface area (Å²) in [7, 11) is 0. The van der Waals surface area contributed by atoms with Gasteiger partial charge in [-0.05, 0) is 43.0 Å².